The Labute approximate surface area is 161 Å². The lowest BCUT2D eigenvalue weighted by molar-refractivity contribution is 0.0759. The molecular weight excluding hydrogens is 360 g/mol. The molecule has 0 radical (unpaired) electrons. The maximum absolute atomic E-state index is 12.8. The Kier molecular flexibility index (Phi) is 5.22. The first-order valence-corrected chi connectivity index (χ1v) is 9.77. The van der Waals surface area contributed by atoms with E-state index >= 15 is 0 Å². The van der Waals surface area contributed by atoms with E-state index in [4.69, 9.17) is 0 Å². The van der Waals surface area contributed by atoms with Crippen LogP contribution in [0.1, 0.15) is 26.8 Å². The lowest BCUT2D eigenvalue weighted by Crippen LogP contribution is -2.29. The van der Waals surface area contributed by atoms with E-state index < -0.39 is 6.10 Å². The van der Waals surface area contributed by atoms with Crippen LogP contribution in [0.25, 0.3) is 0 Å². The monoisotopic (exact) mass is 380 g/mol. The first-order chi connectivity index (χ1) is 13.2. The van der Waals surface area contributed by atoms with E-state index in [2.05, 4.69) is 27.1 Å². The third-order valence-corrected chi connectivity index (χ3v) is 5.60. The number of carbonyl (C=O) groups is 1. The van der Waals surface area contributed by atoms with Crippen LogP contribution in [0, 0.1) is 5.92 Å². The Morgan fingerprint density at radius 1 is 1.22 bits per heavy atom. The van der Waals surface area contributed by atoms with Gasteiger partial charge in [-0.15, -0.1) is 11.3 Å². The van der Waals surface area contributed by atoms with Crippen molar-refractivity contribution in [2.75, 3.05) is 13.1 Å². The zero-order valence-corrected chi connectivity index (χ0v) is 15.5. The minimum Gasteiger partial charge on any atom is -0.391 e. The highest BCUT2D eigenvalue weighted by molar-refractivity contribution is 7.09. The SMILES string of the molecule is O=C(c1csc(Cc2ccccc2)n1)N1C[C@@H](Cc2cnccn2)[C@H](O)C1. The molecule has 0 unspecified atom stereocenters. The van der Waals surface area contributed by atoms with E-state index in [1.807, 2.05) is 23.6 Å². The molecule has 0 aliphatic carbocycles. The van der Waals surface area contributed by atoms with Crippen LogP contribution >= 0.6 is 11.3 Å². The molecular formula is C20H20N4O2S. The number of rotatable bonds is 5. The van der Waals surface area contributed by atoms with Gasteiger partial charge in [0.2, 0.25) is 0 Å². The molecule has 0 bridgehead atoms. The molecule has 4 rings (SSSR count). The summed E-state index contributed by atoms with van der Waals surface area (Å²) >= 11 is 1.50. The van der Waals surface area contributed by atoms with Crippen LogP contribution < -0.4 is 0 Å². The van der Waals surface area contributed by atoms with E-state index in [1.54, 1.807) is 23.5 Å². The molecule has 1 aliphatic rings. The standard InChI is InChI=1S/C20H20N4O2S/c25-18-12-24(11-15(18)9-16-10-21-6-7-22-16)20(26)17-13-27-19(23-17)8-14-4-2-1-3-5-14/h1-7,10,13,15,18,25H,8-9,11-12H2/t15-,18-/m1/s1. The minimum absolute atomic E-state index is 0.0342. The third kappa shape index (κ3) is 4.20. The third-order valence-electron chi connectivity index (χ3n) is 4.75. The topological polar surface area (TPSA) is 79.2 Å². The van der Waals surface area contributed by atoms with Gasteiger partial charge in [-0.05, 0) is 12.0 Å². The van der Waals surface area contributed by atoms with Crippen molar-refractivity contribution in [1.82, 2.24) is 19.9 Å². The van der Waals surface area contributed by atoms with E-state index in [1.165, 1.54) is 16.9 Å². The molecule has 1 N–H and O–H groups in total. The second-order valence-corrected chi connectivity index (χ2v) is 7.67. The Morgan fingerprint density at radius 2 is 2.07 bits per heavy atom. The van der Waals surface area contributed by atoms with Crippen molar-refractivity contribution in [3.63, 3.8) is 0 Å². The number of nitrogens with zero attached hydrogens (tertiary/aromatic N) is 4. The molecule has 6 nitrogen and oxygen atoms in total. The number of aliphatic hydroxyl groups excluding tert-OH is 1. The molecule has 0 spiro atoms. The van der Waals surface area contributed by atoms with Crippen molar-refractivity contribution in [2.24, 2.45) is 5.92 Å². The summed E-state index contributed by atoms with van der Waals surface area (Å²) in [4.78, 5) is 27.3. The summed E-state index contributed by atoms with van der Waals surface area (Å²) in [6.45, 7) is 0.831. The molecule has 1 aromatic carbocycles. The maximum atomic E-state index is 12.8. The number of likely N-dealkylation sites (tertiary alicyclic amines) is 1. The number of hydrogen-bond acceptors (Lipinski definition) is 6. The van der Waals surface area contributed by atoms with Gasteiger partial charge in [-0.2, -0.15) is 0 Å². The average molecular weight is 380 g/mol. The largest absolute Gasteiger partial charge is 0.391 e. The van der Waals surface area contributed by atoms with Gasteiger partial charge in [0.05, 0.1) is 16.8 Å². The first kappa shape index (κ1) is 17.8. The summed E-state index contributed by atoms with van der Waals surface area (Å²) in [6, 6.07) is 10.1. The minimum atomic E-state index is -0.557. The number of β-amino-alcohol motifs (C(OH)–C–C–N with tert-alkyl or cyclic N) is 1. The lowest BCUT2D eigenvalue weighted by atomic mass is 10.0. The van der Waals surface area contributed by atoms with Crippen LogP contribution in [0.2, 0.25) is 0 Å². The normalized spacial score (nSPS) is 19.4. The van der Waals surface area contributed by atoms with Gasteiger partial charge in [0.15, 0.2) is 0 Å². The zero-order chi connectivity index (χ0) is 18.6. The smallest absolute Gasteiger partial charge is 0.273 e. The predicted octanol–water partition coefficient (Wildman–Crippen LogP) is 2.20. The summed E-state index contributed by atoms with van der Waals surface area (Å²) in [5, 5.41) is 13.1. The number of aliphatic hydroxyl groups is 1. The van der Waals surface area contributed by atoms with E-state index in [-0.39, 0.29) is 11.8 Å². The number of amides is 1. The van der Waals surface area contributed by atoms with Crippen molar-refractivity contribution < 1.29 is 9.90 Å². The van der Waals surface area contributed by atoms with Gasteiger partial charge in [-0.25, -0.2) is 4.98 Å². The van der Waals surface area contributed by atoms with Gasteiger partial charge in [0, 0.05) is 49.4 Å². The number of benzene rings is 1. The van der Waals surface area contributed by atoms with Gasteiger partial charge < -0.3 is 10.0 Å². The summed E-state index contributed by atoms with van der Waals surface area (Å²) in [7, 11) is 0. The molecule has 1 saturated heterocycles. The Morgan fingerprint density at radius 3 is 2.85 bits per heavy atom. The molecule has 0 saturated carbocycles. The van der Waals surface area contributed by atoms with Crippen LogP contribution in [-0.2, 0) is 12.8 Å². The van der Waals surface area contributed by atoms with Crippen molar-refractivity contribution in [3.8, 4) is 0 Å². The highest BCUT2D eigenvalue weighted by atomic mass is 32.1. The molecule has 1 amide bonds. The molecule has 7 heteroatoms. The summed E-state index contributed by atoms with van der Waals surface area (Å²) < 4.78 is 0. The molecule has 138 valence electrons. The Hall–Kier alpha value is -2.64. The Balaban J connectivity index is 1.40. The highest BCUT2D eigenvalue weighted by Crippen LogP contribution is 2.23. The maximum Gasteiger partial charge on any atom is 0.273 e. The molecule has 1 aliphatic heterocycles. The summed E-state index contributed by atoms with van der Waals surface area (Å²) in [5.74, 6) is -0.153. The van der Waals surface area contributed by atoms with Gasteiger partial charge in [-0.1, -0.05) is 30.3 Å². The number of hydrogen-bond donors (Lipinski definition) is 1. The predicted molar refractivity (Wildman–Crippen MR) is 102 cm³/mol. The fourth-order valence-corrected chi connectivity index (χ4v) is 4.15. The summed E-state index contributed by atoms with van der Waals surface area (Å²) in [6.07, 6.45) is 5.74. The Bertz CT molecular complexity index is 901. The van der Waals surface area contributed by atoms with E-state index in [0.717, 1.165) is 17.1 Å². The number of aromatic nitrogens is 3. The quantitative estimate of drug-likeness (QED) is 0.734. The molecule has 3 aromatic rings. The number of carbonyl (C=O) groups excluding carboxylic acids is 1. The van der Waals surface area contributed by atoms with Crippen molar-refractivity contribution in [3.05, 3.63) is 76.3 Å². The summed E-state index contributed by atoms with van der Waals surface area (Å²) in [5.41, 5.74) is 2.46. The van der Waals surface area contributed by atoms with Gasteiger partial charge in [0.25, 0.3) is 5.91 Å². The molecule has 1 fully saturated rings. The van der Waals surface area contributed by atoms with Gasteiger partial charge >= 0.3 is 0 Å². The average Bonchev–Trinajstić information content (AvgIpc) is 3.30. The number of thiazole rings is 1. The molecule has 2 aromatic heterocycles. The van der Waals surface area contributed by atoms with Crippen LogP contribution in [0.5, 0.6) is 0 Å². The molecule has 2 atom stereocenters. The van der Waals surface area contributed by atoms with Gasteiger partial charge in [-0.3, -0.25) is 14.8 Å². The van der Waals surface area contributed by atoms with Crippen LogP contribution in [-0.4, -0.2) is 50.1 Å². The fourth-order valence-electron chi connectivity index (χ4n) is 3.35. The van der Waals surface area contributed by atoms with E-state index in [9.17, 15) is 9.90 Å². The van der Waals surface area contributed by atoms with Crippen molar-refractivity contribution in [1.29, 1.82) is 0 Å². The van der Waals surface area contributed by atoms with E-state index in [0.29, 0.717) is 25.2 Å². The molecule has 27 heavy (non-hydrogen) atoms. The second-order valence-electron chi connectivity index (χ2n) is 6.73. The van der Waals surface area contributed by atoms with Crippen LogP contribution in [0.3, 0.4) is 0 Å². The second kappa shape index (κ2) is 7.94. The fraction of sp³-hybridized carbons (Fsp3) is 0.300. The highest BCUT2D eigenvalue weighted by Gasteiger charge is 2.35. The van der Waals surface area contributed by atoms with Crippen molar-refractivity contribution >= 4 is 17.2 Å². The van der Waals surface area contributed by atoms with Crippen LogP contribution in [0.4, 0.5) is 0 Å². The zero-order valence-electron chi connectivity index (χ0n) is 14.7. The lowest BCUT2D eigenvalue weighted by Gasteiger charge is -2.14. The van der Waals surface area contributed by atoms with Crippen molar-refractivity contribution in [2.45, 2.75) is 18.9 Å². The first-order valence-electron chi connectivity index (χ1n) is 8.89. The molecule has 3 heterocycles. The van der Waals surface area contributed by atoms with Gasteiger partial charge in [0.1, 0.15) is 5.69 Å². The van der Waals surface area contributed by atoms with Crippen LogP contribution in [0.15, 0.2) is 54.3 Å².